The summed E-state index contributed by atoms with van der Waals surface area (Å²) in [5.74, 6) is 0. The van der Waals surface area contributed by atoms with Gasteiger partial charge in [-0.15, -0.1) is 0 Å². The topological polar surface area (TPSA) is 54.4 Å². The van der Waals surface area contributed by atoms with E-state index in [0.29, 0.717) is 18.4 Å². The molecule has 21 heavy (non-hydrogen) atoms. The summed E-state index contributed by atoms with van der Waals surface area (Å²) in [6, 6.07) is 15.2. The molecule has 1 unspecified atom stereocenters. The molecular weight excluding hydrogens is 284 g/mol. The maximum atomic E-state index is 11.6. The molecule has 0 saturated carbocycles. The molecule has 0 aliphatic rings. The summed E-state index contributed by atoms with van der Waals surface area (Å²) in [7, 11) is -4.11. The van der Waals surface area contributed by atoms with Crippen LogP contribution in [0.15, 0.2) is 48.5 Å². The van der Waals surface area contributed by atoms with E-state index in [1.54, 1.807) is 12.1 Å². The maximum Gasteiger partial charge on any atom is 0.272 e. The lowest BCUT2D eigenvalue weighted by molar-refractivity contribution is 0.464. The summed E-state index contributed by atoms with van der Waals surface area (Å²) < 4.78 is 32.8. The highest BCUT2D eigenvalue weighted by Crippen LogP contribution is 2.27. The molecule has 3 nitrogen and oxygen atoms in total. The number of aryl methyl sites for hydroxylation is 3. The molecule has 2 rings (SSSR count). The van der Waals surface area contributed by atoms with Crippen LogP contribution in [-0.4, -0.2) is 13.0 Å². The standard InChI is InChI=1S/C17H20O3S/c1-13-3-7-15(8-4-13)9-12-17(21(18,19)20)16-10-5-14(2)6-11-16/h3-8,10-11,17H,9,12H2,1-2H3,(H,18,19,20). The van der Waals surface area contributed by atoms with E-state index in [4.69, 9.17) is 0 Å². The van der Waals surface area contributed by atoms with Gasteiger partial charge in [0.05, 0.1) is 0 Å². The lowest BCUT2D eigenvalue weighted by atomic mass is 10.0. The van der Waals surface area contributed by atoms with Gasteiger partial charge in [0.15, 0.2) is 0 Å². The van der Waals surface area contributed by atoms with E-state index in [9.17, 15) is 13.0 Å². The normalized spacial score (nSPS) is 13.1. The van der Waals surface area contributed by atoms with E-state index in [2.05, 4.69) is 0 Å². The van der Waals surface area contributed by atoms with Crippen molar-refractivity contribution in [1.82, 2.24) is 0 Å². The molecule has 0 spiro atoms. The zero-order valence-corrected chi connectivity index (χ0v) is 13.1. The van der Waals surface area contributed by atoms with E-state index < -0.39 is 15.4 Å². The van der Waals surface area contributed by atoms with Crippen molar-refractivity contribution in [3.63, 3.8) is 0 Å². The van der Waals surface area contributed by atoms with Gasteiger partial charge < -0.3 is 0 Å². The van der Waals surface area contributed by atoms with Crippen molar-refractivity contribution < 1.29 is 13.0 Å². The molecule has 0 saturated heterocycles. The zero-order valence-electron chi connectivity index (χ0n) is 12.3. The van der Waals surface area contributed by atoms with Crippen LogP contribution in [0.5, 0.6) is 0 Å². The SMILES string of the molecule is Cc1ccc(CCC(c2ccc(C)cc2)S(=O)(=O)O)cc1. The summed E-state index contributed by atoms with van der Waals surface area (Å²) in [5.41, 5.74) is 3.94. The summed E-state index contributed by atoms with van der Waals surface area (Å²) in [6.45, 7) is 3.95. The smallest absolute Gasteiger partial charge is 0.272 e. The van der Waals surface area contributed by atoms with Crippen molar-refractivity contribution >= 4 is 10.1 Å². The van der Waals surface area contributed by atoms with Crippen LogP contribution >= 0.6 is 0 Å². The molecule has 4 heteroatoms. The second-order valence-corrected chi connectivity index (χ2v) is 7.04. The van der Waals surface area contributed by atoms with Crippen LogP contribution in [0, 0.1) is 13.8 Å². The lowest BCUT2D eigenvalue weighted by Gasteiger charge is -2.14. The fraction of sp³-hybridized carbons (Fsp3) is 0.294. The summed E-state index contributed by atoms with van der Waals surface area (Å²) in [6.07, 6.45) is 0.976. The first-order chi connectivity index (χ1) is 9.86. The lowest BCUT2D eigenvalue weighted by Crippen LogP contribution is -2.13. The molecule has 2 aromatic carbocycles. The first-order valence-corrected chi connectivity index (χ1v) is 8.45. The highest BCUT2D eigenvalue weighted by Gasteiger charge is 2.24. The Bertz CT molecular complexity index is 686. The van der Waals surface area contributed by atoms with Gasteiger partial charge in [0, 0.05) is 0 Å². The summed E-state index contributed by atoms with van der Waals surface area (Å²) in [5, 5.41) is -0.876. The van der Waals surface area contributed by atoms with Gasteiger partial charge in [0.25, 0.3) is 10.1 Å². The molecule has 1 atom stereocenters. The summed E-state index contributed by atoms with van der Waals surface area (Å²) >= 11 is 0. The van der Waals surface area contributed by atoms with Gasteiger partial charge in [-0.3, -0.25) is 4.55 Å². The van der Waals surface area contributed by atoms with Crippen molar-refractivity contribution in [2.75, 3.05) is 0 Å². The van der Waals surface area contributed by atoms with Crippen molar-refractivity contribution in [3.8, 4) is 0 Å². The number of hydrogen-bond donors (Lipinski definition) is 1. The molecule has 0 fully saturated rings. The van der Waals surface area contributed by atoms with Crippen LogP contribution in [0.1, 0.15) is 33.9 Å². The molecule has 0 bridgehead atoms. The van der Waals surface area contributed by atoms with Crippen LogP contribution in [0.3, 0.4) is 0 Å². The Morgan fingerprint density at radius 2 is 1.38 bits per heavy atom. The van der Waals surface area contributed by atoms with Gasteiger partial charge in [-0.25, -0.2) is 0 Å². The largest absolute Gasteiger partial charge is 0.285 e. The van der Waals surface area contributed by atoms with Gasteiger partial charge in [-0.1, -0.05) is 59.7 Å². The van der Waals surface area contributed by atoms with E-state index in [1.165, 1.54) is 5.56 Å². The third-order valence-corrected chi connectivity index (χ3v) is 4.85. The Balaban J connectivity index is 2.18. The third kappa shape index (κ3) is 4.41. The molecule has 0 amide bonds. The predicted octanol–water partition coefficient (Wildman–Crippen LogP) is 3.87. The number of hydrogen-bond acceptors (Lipinski definition) is 2. The highest BCUT2D eigenvalue weighted by atomic mass is 32.2. The van der Waals surface area contributed by atoms with E-state index in [-0.39, 0.29) is 0 Å². The molecule has 0 aliphatic heterocycles. The first-order valence-electron chi connectivity index (χ1n) is 6.94. The van der Waals surface area contributed by atoms with Crippen LogP contribution in [0.4, 0.5) is 0 Å². The number of benzene rings is 2. The molecule has 0 aromatic heterocycles. The predicted molar refractivity (Wildman–Crippen MR) is 85.0 cm³/mol. The molecule has 0 heterocycles. The van der Waals surface area contributed by atoms with Crippen molar-refractivity contribution in [2.24, 2.45) is 0 Å². The first kappa shape index (κ1) is 15.7. The molecule has 0 aliphatic carbocycles. The van der Waals surface area contributed by atoms with Crippen molar-refractivity contribution in [3.05, 3.63) is 70.8 Å². The second kappa shape index (κ2) is 6.41. The Morgan fingerprint density at radius 3 is 1.86 bits per heavy atom. The zero-order chi connectivity index (χ0) is 15.5. The fourth-order valence-electron chi connectivity index (χ4n) is 2.32. The Labute approximate surface area is 126 Å². The average Bonchev–Trinajstić information content (AvgIpc) is 2.42. The highest BCUT2D eigenvalue weighted by molar-refractivity contribution is 7.86. The fourth-order valence-corrected chi connectivity index (χ4v) is 3.24. The second-order valence-electron chi connectivity index (χ2n) is 5.44. The third-order valence-electron chi connectivity index (χ3n) is 3.62. The van der Waals surface area contributed by atoms with Gasteiger partial charge >= 0.3 is 0 Å². The monoisotopic (exact) mass is 304 g/mol. The van der Waals surface area contributed by atoms with Crippen molar-refractivity contribution in [2.45, 2.75) is 31.9 Å². The number of rotatable bonds is 5. The Hall–Kier alpha value is -1.65. The molecule has 112 valence electrons. The van der Waals surface area contributed by atoms with Gasteiger partial charge in [-0.05, 0) is 37.8 Å². The minimum Gasteiger partial charge on any atom is -0.285 e. The van der Waals surface area contributed by atoms with E-state index in [0.717, 1.165) is 11.1 Å². The van der Waals surface area contributed by atoms with Crippen LogP contribution < -0.4 is 0 Å². The van der Waals surface area contributed by atoms with Crippen LogP contribution in [-0.2, 0) is 16.5 Å². The van der Waals surface area contributed by atoms with E-state index >= 15 is 0 Å². The van der Waals surface area contributed by atoms with E-state index in [1.807, 2.05) is 50.2 Å². The van der Waals surface area contributed by atoms with Gasteiger partial charge in [-0.2, -0.15) is 8.42 Å². The van der Waals surface area contributed by atoms with Crippen molar-refractivity contribution in [1.29, 1.82) is 0 Å². The van der Waals surface area contributed by atoms with Gasteiger partial charge in [0.2, 0.25) is 0 Å². The molecule has 1 N–H and O–H groups in total. The quantitative estimate of drug-likeness (QED) is 0.853. The molecular formula is C17H20O3S. The van der Waals surface area contributed by atoms with Gasteiger partial charge in [0.1, 0.15) is 5.25 Å². The Kier molecular flexibility index (Phi) is 4.80. The Morgan fingerprint density at radius 1 is 0.905 bits per heavy atom. The molecule has 0 radical (unpaired) electrons. The molecule has 2 aromatic rings. The van der Waals surface area contributed by atoms with Crippen LogP contribution in [0.2, 0.25) is 0 Å². The van der Waals surface area contributed by atoms with Crippen LogP contribution in [0.25, 0.3) is 0 Å². The minimum atomic E-state index is -4.11. The minimum absolute atomic E-state index is 0.366. The summed E-state index contributed by atoms with van der Waals surface area (Å²) in [4.78, 5) is 0. The average molecular weight is 304 g/mol. The maximum absolute atomic E-state index is 11.6.